The Morgan fingerprint density at radius 3 is 2.41 bits per heavy atom. The molecule has 1 amide bonds. The summed E-state index contributed by atoms with van der Waals surface area (Å²) in [6.45, 7) is 5.92. The Hall–Kier alpha value is -2.89. The van der Waals surface area contributed by atoms with Crippen molar-refractivity contribution in [1.29, 1.82) is 0 Å². The molecule has 0 aromatic heterocycles. The number of hydrogen-bond donors (Lipinski definition) is 0. The normalized spacial score (nSPS) is 17.4. The largest absolute Gasteiger partial charge is 0.486 e. The number of benzene rings is 2. The molecule has 2 heterocycles. The van der Waals surface area contributed by atoms with Gasteiger partial charge in [0, 0.05) is 37.9 Å². The second-order valence-electron chi connectivity index (χ2n) is 6.71. The highest BCUT2D eigenvalue weighted by Crippen LogP contribution is 2.34. The van der Waals surface area contributed by atoms with E-state index in [0.29, 0.717) is 43.6 Å². The van der Waals surface area contributed by atoms with Gasteiger partial charge in [-0.1, -0.05) is 18.2 Å². The molecule has 0 N–H and O–H groups in total. The second-order valence-corrected chi connectivity index (χ2v) is 6.71. The number of rotatable bonds is 4. The SMILES string of the molecule is CC(Oc1ccc2c(c1)OCCO2)C(=O)N1CCN(c2ccccc2)CC1. The molecule has 2 aliphatic rings. The molecule has 6 nitrogen and oxygen atoms in total. The van der Waals surface area contributed by atoms with E-state index in [0.717, 1.165) is 13.1 Å². The van der Waals surface area contributed by atoms with Crippen LogP contribution in [0.4, 0.5) is 5.69 Å². The summed E-state index contributed by atoms with van der Waals surface area (Å²) in [5.74, 6) is 2.00. The summed E-state index contributed by atoms with van der Waals surface area (Å²) in [5.41, 5.74) is 1.20. The third kappa shape index (κ3) is 3.94. The average Bonchev–Trinajstić information content (AvgIpc) is 2.74. The van der Waals surface area contributed by atoms with E-state index in [1.165, 1.54) is 5.69 Å². The quantitative estimate of drug-likeness (QED) is 0.830. The van der Waals surface area contributed by atoms with Crippen molar-refractivity contribution in [3.8, 4) is 17.2 Å². The predicted molar refractivity (Wildman–Crippen MR) is 103 cm³/mol. The van der Waals surface area contributed by atoms with E-state index in [1.807, 2.05) is 35.2 Å². The standard InChI is InChI=1S/C21H24N2O4/c1-16(27-18-7-8-19-20(15-18)26-14-13-25-19)21(24)23-11-9-22(10-12-23)17-5-3-2-4-6-17/h2-8,15-16H,9-14H2,1H3. The number of amides is 1. The first-order chi connectivity index (χ1) is 13.2. The fourth-order valence-electron chi connectivity index (χ4n) is 3.43. The molecule has 0 bridgehead atoms. The number of para-hydroxylation sites is 1. The first-order valence-electron chi connectivity index (χ1n) is 9.36. The minimum atomic E-state index is -0.546. The Morgan fingerprint density at radius 2 is 1.67 bits per heavy atom. The first kappa shape index (κ1) is 17.5. The fourth-order valence-corrected chi connectivity index (χ4v) is 3.43. The number of carbonyl (C=O) groups is 1. The lowest BCUT2D eigenvalue weighted by molar-refractivity contribution is -0.138. The third-order valence-electron chi connectivity index (χ3n) is 4.89. The molecule has 2 aliphatic heterocycles. The van der Waals surface area contributed by atoms with Gasteiger partial charge in [0.1, 0.15) is 19.0 Å². The molecule has 1 fully saturated rings. The van der Waals surface area contributed by atoms with Gasteiger partial charge in [0.25, 0.3) is 5.91 Å². The molecule has 2 aromatic carbocycles. The van der Waals surface area contributed by atoms with Crippen molar-refractivity contribution in [2.24, 2.45) is 0 Å². The summed E-state index contributed by atoms with van der Waals surface area (Å²) in [4.78, 5) is 16.9. The minimum Gasteiger partial charge on any atom is -0.486 e. The Labute approximate surface area is 159 Å². The molecule has 6 heteroatoms. The smallest absolute Gasteiger partial charge is 0.263 e. The van der Waals surface area contributed by atoms with Gasteiger partial charge in [-0.15, -0.1) is 0 Å². The van der Waals surface area contributed by atoms with Crippen LogP contribution < -0.4 is 19.1 Å². The number of carbonyl (C=O) groups excluding carboxylic acids is 1. The molecular formula is C21H24N2O4. The fraction of sp³-hybridized carbons (Fsp3) is 0.381. The second kappa shape index (κ2) is 7.78. The number of anilines is 1. The number of piperazine rings is 1. The molecule has 27 heavy (non-hydrogen) atoms. The van der Waals surface area contributed by atoms with Crippen molar-refractivity contribution in [2.45, 2.75) is 13.0 Å². The summed E-state index contributed by atoms with van der Waals surface area (Å²) >= 11 is 0. The highest BCUT2D eigenvalue weighted by Gasteiger charge is 2.26. The lowest BCUT2D eigenvalue weighted by atomic mass is 10.2. The minimum absolute atomic E-state index is 0.0117. The lowest BCUT2D eigenvalue weighted by Gasteiger charge is -2.37. The van der Waals surface area contributed by atoms with Crippen LogP contribution in [-0.4, -0.2) is 56.3 Å². The van der Waals surface area contributed by atoms with Crippen LogP contribution in [0.2, 0.25) is 0 Å². The van der Waals surface area contributed by atoms with Gasteiger partial charge in [-0.25, -0.2) is 0 Å². The number of ether oxygens (including phenoxy) is 3. The first-order valence-corrected chi connectivity index (χ1v) is 9.36. The molecule has 1 unspecified atom stereocenters. The average molecular weight is 368 g/mol. The molecule has 0 aliphatic carbocycles. The molecule has 0 spiro atoms. The van der Waals surface area contributed by atoms with Crippen molar-refractivity contribution in [1.82, 2.24) is 4.90 Å². The van der Waals surface area contributed by atoms with Crippen molar-refractivity contribution < 1.29 is 19.0 Å². The maximum atomic E-state index is 12.8. The molecule has 2 aromatic rings. The summed E-state index contributed by atoms with van der Waals surface area (Å²) < 4.78 is 16.9. The van der Waals surface area contributed by atoms with Crippen LogP contribution in [0.1, 0.15) is 6.92 Å². The third-order valence-corrected chi connectivity index (χ3v) is 4.89. The maximum absolute atomic E-state index is 12.8. The van der Waals surface area contributed by atoms with Gasteiger partial charge >= 0.3 is 0 Å². The molecule has 4 rings (SSSR count). The maximum Gasteiger partial charge on any atom is 0.263 e. The van der Waals surface area contributed by atoms with E-state index < -0.39 is 6.10 Å². The van der Waals surface area contributed by atoms with Gasteiger partial charge in [0.05, 0.1) is 0 Å². The van der Waals surface area contributed by atoms with Gasteiger partial charge in [-0.2, -0.15) is 0 Å². The monoisotopic (exact) mass is 368 g/mol. The van der Waals surface area contributed by atoms with Crippen molar-refractivity contribution in [3.05, 3.63) is 48.5 Å². The Morgan fingerprint density at radius 1 is 0.963 bits per heavy atom. The van der Waals surface area contributed by atoms with Crippen LogP contribution in [-0.2, 0) is 4.79 Å². The summed E-state index contributed by atoms with van der Waals surface area (Å²) in [5, 5.41) is 0. The Bertz CT molecular complexity index is 788. The van der Waals surface area contributed by atoms with Crippen LogP contribution >= 0.6 is 0 Å². The van der Waals surface area contributed by atoms with Crippen LogP contribution in [0.15, 0.2) is 48.5 Å². The predicted octanol–water partition coefficient (Wildman–Crippen LogP) is 2.57. The summed E-state index contributed by atoms with van der Waals surface area (Å²) in [6, 6.07) is 15.7. The zero-order chi connectivity index (χ0) is 18.6. The summed E-state index contributed by atoms with van der Waals surface area (Å²) in [6.07, 6.45) is -0.546. The summed E-state index contributed by atoms with van der Waals surface area (Å²) in [7, 11) is 0. The van der Waals surface area contributed by atoms with Gasteiger partial charge < -0.3 is 24.0 Å². The molecular weight excluding hydrogens is 344 g/mol. The topological polar surface area (TPSA) is 51.2 Å². The molecule has 0 saturated carbocycles. The van der Waals surface area contributed by atoms with Crippen LogP contribution in [0.5, 0.6) is 17.2 Å². The van der Waals surface area contributed by atoms with E-state index in [9.17, 15) is 4.79 Å². The zero-order valence-corrected chi connectivity index (χ0v) is 15.5. The van der Waals surface area contributed by atoms with Crippen molar-refractivity contribution >= 4 is 11.6 Å². The van der Waals surface area contributed by atoms with Gasteiger partial charge in [-0.3, -0.25) is 4.79 Å². The van der Waals surface area contributed by atoms with Crippen molar-refractivity contribution in [3.63, 3.8) is 0 Å². The number of nitrogens with zero attached hydrogens (tertiary/aromatic N) is 2. The van der Waals surface area contributed by atoms with Crippen molar-refractivity contribution in [2.75, 3.05) is 44.3 Å². The van der Waals surface area contributed by atoms with E-state index in [2.05, 4.69) is 17.0 Å². The zero-order valence-electron chi connectivity index (χ0n) is 15.5. The molecule has 142 valence electrons. The van der Waals surface area contributed by atoms with Crippen LogP contribution in [0.3, 0.4) is 0 Å². The van der Waals surface area contributed by atoms with Crippen LogP contribution in [0, 0.1) is 0 Å². The van der Waals surface area contributed by atoms with Gasteiger partial charge in [0.2, 0.25) is 0 Å². The van der Waals surface area contributed by atoms with E-state index in [-0.39, 0.29) is 5.91 Å². The number of fused-ring (bicyclic) bond motifs is 1. The molecule has 1 atom stereocenters. The lowest BCUT2D eigenvalue weighted by Crippen LogP contribution is -2.52. The molecule has 0 radical (unpaired) electrons. The highest BCUT2D eigenvalue weighted by molar-refractivity contribution is 5.81. The Balaban J connectivity index is 1.33. The number of hydrogen-bond acceptors (Lipinski definition) is 5. The highest BCUT2D eigenvalue weighted by atomic mass is 16.6. The molecule has 1 saturated heterocycles. The van der Waals surface area contributed by atoms with Crippen LogP contribution in [0.25, 0.3) is 0 Å². The van der Waals surface area contributed by atoms with Gasteiger partial charge in [-0.05, 0) is 31.2 Å². The van der Waals surface area contributed by atoms with E-state index >= 15 is 0 Å². The van der Waals surface area contributed by atoms with Gasteiger partial charge in [0.15, 0.2) is 17.6 Å². The van der Waals surface area contributed by atoms with E-state index in [4.69, 9.17) is 14.2 Å². The van der Waals surface area contributed by atoms with E-state index in [1.54, 1.807) is 13.0 Å². The Kier molecular flexibility index (Phi) is 5.05.